The molecule has 0 radical (unpaired) electrons. The molecule has 7 heteroatoms. The van der Waals surface area contributed by atoms with Crippen LogP contribution in [0.3, 0.4) is 0 Å². The molecule has 0 bridgehead atoms. The number of thioether (sulfide) groups is 1. The molecule has 2 heterocycles. The third kappa shape index (κ3) is 5.29. The summed E-state index contributed by atoms with van der Waals surface area (Å²) in [6, 6.07) is 14.9. The number of rotatable bonds is 8. The van der Waals surface area contributed by atoms with Crippen molar-refractivity contribution in [2.24, 2.45) is 0 Å². The summed E-state index contributed by atoms with van der Waals surface area (Å²) in [5, 5.41) is 4.45. The molecule has 2 aromatic carbocycles. The van der Waals surface area contributed by atoms with E-state index < -0.39 is 0 Å². The minimum atomic E-state index is -0.280. The van der Waals surface area contributed by atoms with E-state index in [-0.39, 0.29) is 18.5 Å². The molecule has 1 aromatic heterocycles. The summed E-state index contributed by atoms with van der Waals surface area (Å²) in [7, 11) is 0. The number of hydrogen-bond donors (Lipinski definition) is 1. The molecule has 1 saturated heterocycles. The highest BCUT2D eigenvalue weighted by molar-refractivity contribution is 7.98. The molecule has 1 N–H and O–H groups in total. The quantitative estimate of drug-likeness (QED) is 0.543. The zero-order valence-corrected chi connectivity index (χ0v) is 17.7. The Bertz CT molecular complexity index is 995. The zero-order chi connectivity index (χ0) is 20.8. The van der Waals surface area contributed by atoms with Gasteiger partial charge in [-0.05, 0) is 30.5 Å². The number of nitrogens with one attached hydrogen (secondary N) is 1. The summed E-state index contributed by atoms with van der Waals surface area (Å²) in [5.74, 6) is 0.231. The van der Waals surface area contributed by atoms with Gasteiger partial charge in [-0.1, -0.05) is 24.3 Å². The highest BCUT2D eigenvalue weighted by atomic mass is 32.2. The number of pyridine rings is 1. The SMILES string of the molecule is CSc1ccc2cc(CNC[C@@H]3COCCO3)c(OCc3ccccc3F)nc2c1. The van der Waals surface area contributed by atoms with Crippen LogP contribution in [-0.2, 0) is 22.6 Å². The Morgan fingerprint density at radius 2 is 2.07 bits per heavy atom. The van der Waals surface area contributed by atoms with Crippen molar-refractivity contribution in [3.63, 3.8) is 0 Å². The smallest absolute Gasteiger partial charge is 0.218 e. The normalized spacial score (nSPS) is 16.7. The van der Waals surface area contributed by atoms with Crippen molar-refractivity contribution in [1.82, 2.24) is 10.3 Å². The number of aromatic nitrogens is 1. The van der Waals surface area contributed by atoms with E-state index in [4.69, 9.17) is 19.2 Å². The fraction of sp³-hybridized carbons (Fsp3) is 0.348. The van der Waals surface area contributed by atoms with Crippen molar-refractivity contribution >= 4 is 22.7 Å². The summed E-state index contributed by atoms with van der Waals surface area (Å²) in [4.78, 5) is 5.87. The maximum atomic E-state index is 14.0. The van der Waals surface area contributed by atoms with Crippen molar-refractivity contribution in [3.05, 3.63) is 65.5 Å². The van der Waals surface area contributed by atoms with E-state index in [0.29, 0.717) is 44.4 Å². The molecule has 3 aromatic rings. The minimum absolute atomic E-state index is 0.0408. The standard InChI is InChI=1S/C23H25FN2O3S/c1-30-20-7-6-16-10-18(12-25-13-19-15-27-8-9-28-19)23(26-22(16)11-20)29-14-17-4-2-3-5-21(17)24/h2-7,10-11,19,25H,8-9,12-15H2,1H3/t19-/m1/s1. The summed E-state index contributed by atoms with van der Waals surface area (Å²) < 4.78 is 31.1. The average Bonchev–Trinajstić information content (AvgIpc) is 2.79. The molecule has 1 aliphatic rings. The topological polar surface area (TPSA) is 52.6 Å². The highest BCUT2D eigenvalue weighted by Gasteiger charge is 2.15. The van der Waals surface area contributed by atoms with E-state index in [2.05, 4.69) is 23.5 Å². The van der Waals surface area contributed by atoms with Crippen LogP contribution >= 0.6 is 11.8 Å². The number of halogens is 1. The second-order valence-electron chi connectivity index (χ2n) is 7.09. The van der Waals surface area contributed by atoms with Crippen molar-refractivity contribution in [1.29, 1.82) is 0 Å². The molecular weight excluding hydrogens is 403 g/mol. The molecule has 1 aliphatic heterocycles. The minimum Gasteiger partial charge on any atom is -0.472 e. The predicted molar refractivity (Wildman–Crippen MR) is 117 cm³/mol. The molecule has 4 rings (SSSR count). The van der Waals surface area contributed by atoms with Crippen LogP contribution in [0, 0.1) is 5.82 Å². The first-order valence-electron chi connectivity index (χ1n) is 9.97. The van der Waals surface area contributed by atoms with Crippen molar-refractivity contribution in [2.75, 3.05) is 32.6 Å². The van der Waals surface area contributed by atoms with Crippen LogP contribution < -0.4 is 10.1 Å². The summed E-state index contributed by atoms with van der Waals surface area (Å²) in [6.45, 7) is 3.24. The number of nitrogens with zero attached hydrogens (tertiary/aromatic N) is 1. The fourth-order valence-electron chi connectivity index (χ4n) is 3.34. The van der Waals surface area contributed by atoms with Gasteiger partial charge < -0.3 is 19.5 Å². The fourth-order valence-corrected chi connectivity index (χ4v) is 3.77. The van der Waals surface area contributed by atoms with Gasteiger partial charge in [0.2, 0.25) is 5.88 Å². The predicted octanol–water partition coefficient (Wildman–Crippen LogP) is 4.18. The van der Waals surface area contributed by atoms with E-state index in [9.17, 15) is 4.39 Å². The Kier molecular flexibility index (Phi) is 7.17. The van der Waals surface area contributed by atoms with E-state index in [1.807, 2.05) is 12.3 Å². The van der Waals surface area contributed by atoms with Gasteiger partial charge in [-0.2, -0.15) is 0 Å². The van der Waals surface area contributed by atoms with Gasteiger partial charge in [-0.25, -0.2) is 9.37 Å². The molecule has 0 unspecified atom stereocenters. The second-order valence-corrected chi connectivity index (χ2v) is 7.97. The molecule has 1 atom stereocenters. The molecule has 1 fully saturated rings. The van der Waals surface area contributed by atoms with E-state index >= 15 is 0 Å². The molecule has 5 nitrogen and oxygen atoms in total. The Morgan fingerprint density at radius 3 is 2.87 bits per heavy atom. The van der Waals surface area contributed by atoms with Gasteiger partial charge in [0.15, 0.2) is 0 Å². The average molecular weight is 429 g/mol. The molecule has 0 saturated carbocycles. The van der Waals surface area contributed by atoms with Gasteiger partial charge in [-0.15, -0.1) is 11.8 Å². The first kappa shape index (κ1) is 21.1. The third-order valence-corrected chi connectivity index (χ3v) is 5.68. The summed E-state index contributed by atoms with van der Waals surface area (Å²) >= 11 is 1.67. The van der Waals surface area contributed by atoms with Crippen LogP contribution in [0.15, 0.2) is 53.4 Å². The van der Waals surface area contributed by atoms with Crippen LogP contribution in [0.2, 0.25) is 0 Å². The molecule has 0 amide bonds. The number of hydrogen-bond acceptors (Lipinski definition) is 6. The highest BCUT2D eigenvalue weighted by Crippen LogP contribution is 2.27. The number of fused-ring (bicyclic) bond motifs is 1. The molecule has 158 valence electrons. The Morgan fingerprint density at radius 1 is 1.17 bits per heavy atom. The molecule has 30 heavy (non-hydrogen) atoms. The van der Waals surface area contributed by atoms with Gasteiger partial charge in [0.1, 0.15) is 12.4 Å². The maximum absolute atomic E-state index is 14.0. The van der Waals surface area contributed by atoms with Gasteiger partial charge in [0.05, 0.1) is 31.4 Å². The monoisotopic (exact) mass is 428 g/mol. The summed E-state index contributed by atoms with van der Waals surface area (Å²) in [5.41, 5.74) is 2.29. The summed E-state index contributed by atoms with van der Waals surface area (Å²) in [6.07, 6.45) is 2.07. The third-order valence-electron chi connectivity index (χ3n) is 4.96. The number of benzene rings is 2. The zero-order valence-electron chi connectivity index (χ0n) is 16.9. The lowest BCUT2D eigenvalue weighted by atomic mass is 10.1. The maximum Gasteiger partial charge on any atom is 0.218 e. The van der Waals surface area contributed by atoms with E-state index in [1.165, 1.54) is 6.07 Å². The Hall–Kier alpha value is -2.19. The first-order chi connectivity index (χ1) is 14.7. The van der Waals surface area contributed by atoms with Crippen molar-refractivity contribution in [3.8, 4) is 5.88 Å². The van der Waals surface area contributed by atoms with Crippen LogP contribution in [0.1, 0.15) is 11.1 Å². The number of ether oxygens (including phenoxy) is 3. The van der Waals surface area contributed by atoms with Crippen molar-refractivity contribution < 1.29 is 18.6 Å². The molecule has 0 spiro atoms. The van der Waals surface area contributed by atoms with Gasteiger partial charge in [0.25, 0.3) is 0 Å². The van der Waals surface area contributed by atoms with Crippen LogP contribution in [0.25, 0.3) is 10.9 Å². The van der Waals surface area contributed by atoms with E-state index in [1.54, 1.807) is 30.0 Å². The largest absolute Gasteiger partial charge is 0.472 e. The Balaban J connectivity index is 1.53. The Labute approximate surface area is 179 Å². The molecule has 0 aliphatic carbocycles. The van der Waals surface area contributed by atoms with Gasteiger partial charge >= 0.3 is 0 Å². The van der Waals surface area contributed by atoms with Crippen LogP contribution in [0.4, 0.5) is 4.39 Å². The lowest BCUT2D eigenvalue weighted by molar-refractivity contribution is -0.0864. The van der Waals surface area contributed by atoms with Crippen LogP contribution in [0.5, 0.6) is 5.88 Å². The lowest BCUT2D eigenvalue weighted by Gasteiger charge is -2.23. The second kappa shape index (κ2) is 10.2. The van der Waals surface area contributed by atoms with Crippen LogP contribution in [-0.4, -0.2) is 43.7 Å². The lowest BCUT2D eigenvalue weighted by Crippen LogP contribution is -2.37. The molecular formula is C23H25FN2O3S. The first-order valence-corrected chi connectivity index (χ1v) is 11.2. The van der Waals surface area contributed by atoms with Gasteiger partial charge in [0, 0.05) is 34.5 Å². The van der Waals surface area contributed by atoms with Gasteiger partial charge in [-0.3, -0.25) is 0 Å². The van der Waals surface area contributed by atoms with Crippen molar-refractivity contribution in [2.45, 2.75) is 24.2 Å². The van der Waals surface area contributed by atoms with E-state index in [0.717, 1.165) is 21.4 Å².